The number of halogens is 4. The highest BCUT2D eigenvalue weighted by Crippen LogP contribution is 2.32. The number of hydrogen-bond donors (Lipinski definition) is 1. The van der Waals surface area contributed by atoms with Crippen LogP contribution in [0.4, 0.5) is 23.2 Å². The van der Waals surface area contributed by atoms with Gasteiger partial charge in [0.2, 0.25) is 0 Å². The number of amides is 1. The van der Waals surface area contributed by atoms with Crippen molar-refractivity contribution in [3.8, 4) is 11.5 Å². The number of nitrogens with one attached hydrogen (secondary N) is 1. The minimum atomic E-state index is -4.50. The van der Waals surface area contributed by atoms with Crippen molar-refractivity contribution in [2.24, 2.45) is 0 Å². The van der Waals surface area contributed by atoms with E-state index in [4.69, 9.17) is 9.47 Å². The summed E-state index contributed by atoms with van der Waals surface area (Å²) in [4.78, 5) is 12.2. The molecule has 0 fully saturated rings. The van der Waals surface area contributed by atoms with Gasteiger partial charge in [-0.25, -0.2) is 4.39 Å². The fraction of sp³-hybridized carbons (Fsp3) is 0.167. The first kappa shape index (κ1) is 17.8. The molecular weight excluding hydrogens is 354 g/mol. The van der Waals surface area contributed by atoms with Gasteiger partial charge in [0.05, 0.1) is 5.56 Å². The predicted octanol–water partition coefficient (Wildman–Crippen LogP) is 4.42. The van der Waals surface area contributed by atoms with Crippen molar-refractivity contribution >= 4 is 17.7 Å². The zero-order chi connectivity index (χ0) is 18.7. The minimum absolute atomic E-state index is 0.00327. The van der Waals surface area contributed by atoms with E-state index in [0.29, 0.717) is 30.4 Å². The summed E-state index contributed by atoms with van der Waals surface area (Å²) in [5, 5.41) is 2.51. The van der Waals surface area contributed by atoms with Crippen LogP contribution in [0.3, 0.4) is 0 Å². The molecule has 0 aromatic heterocycles. The molecule has 0 saturated heterocycles. The van der Waals surface area contributed by atoms with E-state index in [0.717, 1.165) is 18.2 Å². The second-order valence-corrected chi connectivity index (χ2v) is 5.43. The summed E-state index contributed by atoms with van der Waals surface area (Å²) in [5.41, 5.74) is 0.0828. The van der Waals surface area contributed by atoms with Crippen molar-refractivity contribution in [2.75, 3.05) is 18.5 Å². The standard InChI is InChI=1S/C18H13F4NO3/c19-14-9-11(5-6-18(20,21)22)1-3-13(14)17(24)23-12-2-4-15-16(10-12)26-8-7-25-15/h1-6,9-10H,7-8H2,(H,23,24). The van der Waals surface area contributed by atoms with E-state index in [-0.39, 0.29) is 17.2 Å². The van der Waals surface area contributed by atoms with Crippen LogP contribution in [0, 0.1) is 5.82 Å². The zero-order valence-electron chi connectivity index (χ0n) is 13.3. The molecule has 4 nitrogen and oxygen atoms in total. The van der Waals surface area contributed by atoms with E-state index in [1.54, 1.807) is 18.2 Å². The molecular formula is C18H13F4NO3. The summed E-state index contributed by atoms with van der Waals surface area (Å²) in [6.07, 6.45) is -3.77. The number of alkyl halides is 3. The second-order valence-electron chi connectivity index (χ2n) is 5.43. The quantitative estimate of drug-likeness (QED) is 0.817. The number of benzene rings is 2. The van der Waals surface area contributed by atoms with E-state index in [9.17, 15) is 22.4 Å². The Bertz CT molecular complexity index is 862. The van der Waals surface area contributed by atoms with Gasteiger partial charge in [-0.3, -0.25) is 4.79 Å². The molecule has 26 heavy (non-hydrogen) atoms. The monoisotopic (exact) mass is 367 g/mol. The Hall–Kier alpha value is -3.03. The molecule has 8 heteroatoms. The zero-order valence-corrected chi connectivity index (χ0v) is 13.3. The second kappa shape index (κ2) is 7.07. The topological polar surface area (TPSA) is 47.6 Å². The molecule has 1 amide bonds. The number of hydrogen-bond acceptors (Lipinski definition) is 3. The van der Waals surface area contributed by atoms with Crippen LogP contribution in [0.5, 0.6) is 11.5 Å². The third-order valence-corrected chi connectivity index (χ3v) is 3.50. The molecule has 3 rings (SSSR count). The van der Waals surface area contributed by atoms with Gasteiger partial charge in [-0.05, 0) is 35.9 Å². The Kier molecular flexibility index (Phi) is 4.83. The summed E-state index contributed by atoms with van der Waals surface area (Å²) in [6.45, 7) is 0.811. The summed E-state index contributed by atoms with van der Waals surface area (Å²) in [6, 6.07) is 7.95. The highest BCUT2D eigenvalue weighted by Gasteiger charge is 2.22. The normalized spacial score (nSPS) is 13.7. The molecule has 0 unspecified atom stereocenters. The van der Waals surface area contributed by atoms with Gasteiger partial charge in [-0.2, -0.15) is 13.2 Å². The van der Waals surface area contributed by atoms with Gasteiger partial charge in [-0.1, -0.05) is 6.07 Å². The molecule has 1 heterocycles. The smallest absolute Gasteiger partial charge is 0.409 e. The van der Waals surface area contributed by atoms with Crippen LogP contribution in [0.1, 0.15) is 15.9 Å². The Morgan fingerprint density at radius 2 is 1.77 bits per heavy atom. The number of rotatable bonds is 3. The molecule has 2 aromatic rings. The maximum absolute atomic E-state index is 14.1. The van der Waals surface area contributed by atoms with Crippen molar-refractivity contribution in [2.45, 2.75) is 6.18 Å². The first-order chi connectivity index (χ1) is 12.3. The maximum atomic E-state index is 14.1. The average molecular weight is 367 g/mol. The molecule has 0 aliphatic carbocycles. The maximum Gasteiger partial charge on any atom is 0.409 e. The van der Waals surface area contributed by atoms with Crippen LogP contribution in [-0.2, 0) is 0 Å². The SMILES string of the molecule is O=C(Nc1ccc2c(c1)OCCO2)c1ccc(C=CC(F)(F)F)cc1F. The van der Waals surface area contributed by atoms with Crippen LogP contribution >= 0.6 is 0 Å². The van der Waals surface area contributed by atoms with Crippen LogP contribution in [0.15, 0.2) is 42.5 Å². The van der Waals surface area contributed by atoms with E-state index >= 15 is 0 Å². The molecule has 1 N–H and O–H groups in total. The lowest BCUT2D eigenvalue weighted by Crippen LogP contribution is -2.17. The summed E-state index contributed by atoms with van der Waals surface area (Å²) < 4.78 is 61.3. The number of fused-ring (bicyclic) bond motifs is 1. The molecule has 1 aliphatic heterocycles. The number of carbonyl (C=O) groups excluding carboxylic acids is 1. The predicted molar refractivity (Wildman–Crippen MR) is 86.9 cm³/mol. The van der Waals surface area contributed by atoms with Crippen molar-refractivity contribution < 1.29 is 31.8 Å². The van der Waals surface area contributed by atoms with E-state index < -0.39 is 17.9 Å². The molecule has 1 aliphatic rings. The Balaban J connectivity index is 1.75. The molecule has 0 saturated carbocycles. The van der Waals surface area contributed by atoms with Crippen molar-refractivity contribution in [1.82, 2.24) is 0 Å². The van der Waals surface area contributed by atoms with Crippen LogP contribution < -0.4 is 14.8 Å². The van der Waals surface area contributed by atoms with Gasteiger partial charge >= 0.3 is 6.18 Å². The molecule has 0 radical (unpaired) electrons. The highest BCUT2D eigenvalue weighted by molar-refractivity contribution is 6.04. The fourth-order valence-electron chi connectivity index (χ4n) is 2.33. The minimum Gasteiger partial charge on any atom is -0.486 e. The first-order valence-corrected chi connectivity index (χ1v) is 7.58. The van der Waals surface area contributed by atoms with Gasteiger partial charge in [0.1, 0.15) is 19.0 Å². The summed E-state index contributed by atoms with van der Waals surface area (Å²) in [7, 11) is 0. The van der Waals surface area contributed by atoms with Gasteiger partial charge in [0.25, 0.3) is 5.91 Å². The molecule has 2 aromatic carbocycles. The summed E-state index contributed by atoms with van der Waals surface area (Å²) >= 11 is 0. The van der Waals surface area contributed by atoms with E-state index in [2.05, 4.69) is 5.32 Å². The van der Waals surface area contributed by atoms with Crippen LogP contribution in [0.2, 0.25) is 0 Å². The van der Waals surface area contributed by atoms with Gasteiger partial charge in [0, 0.05) is 17.8 Å². The van der Waals surface area contributed by atoms with Crippen molar-refractivity contribution in [3.63, 3.8) is 0 Å². The number of allylic oxidation sites excluding steroid dienone is 1. The largest absolute Gasteiger partial charge is 0.486 e. The van der Waals surface area contributed by atoms with Gasteiger partial charge in [0.15, 0.2) is 11.5 Å². The lowest BCUT2D eigenvalue weighted by molar-refractivity contribution is -0.0790. The Morgan fingerprint density at radius 3 is 2.46 bits per heavy atom. The first-order valence-electron chi connectivity index (χ1n) is 7.58. The average Bonchev–Trinajstić information content (AvgIpc) is 2.59. The summed E-state index contributed by atoms with van der Waals surface area (Å²) in [5.74, 6) is -0.654. The Morgan fingerprint density at radius 1 is 1.04 bits per heavy atom. The molecule has 0 bridgehead atoms. The van der Waals surface area contributed by atoms with Crippen LogP contribution in [-0.4, -0.2) is 25.3 Å². The van der Waals surface area contributed by atoms with Crippen LogP contribution in [0.25, 0.3) is 6.08 Å². The van der Waals surface area contributed by atoms with Crippen molar-refractivity contribution in [3.05, 3.63) is 59.4 Å². The van der Waals surface area contributed by atoms with Gasteiger partial charge < -0.3 is 14.8 Å². The third-order valence-electron chi connectivity index (χ3n) is 3.50. The Labute approximate surface area is 146 Å². The number of ether oxygens (including phenoxy) is 2. The molecule has 0 spiro atoms. The van der Waals surface area contributed by atoms with Crippen molar-refractivity contribution in [1.29, 1.82) is 0 Å². The van der Waals surface area contributed by atoms with Gasteiger partial charge in [-0.15, -0.1) is 0 Å². The fourth-order valence-corrected chi connectivity index (χ4v) is 2.33. The highest BCUT2D eigenvalue weighted by atomic mass is 19.4. The third kappa shape index (κ3) is 4.33. The number of anilines is 1. The van der Waals surface area contributed by atoms with E-state index in [1.807, 2.05) is 0 Å². The number of carbonyl (C=O) groups is 1. The lowest BCUT2D eigenvalue weighted by atomic mass is 10.1. The molecule has 0 atom stereocenters. The van der Waals surface area contributed by atoms with E-state index in [1.165, 1.54) is 6.07 Å². The molecule has 136 valence electrons. The lowest BCUT2D eigenvalue weighted by Gasteiger charge is -2.19.